The largest absolute Gasteiger partial charge is 0.438 e. The van der Waals surface area contributed by atoms with E-state index in [1.54, 1.807) is 12.1 Å². The predicted octanol–water partition coefficient (Wildman–Crippen LogP) is 1.44. The summed E-state index contributed by atoms with van der Waals surface area (Å²) in [6, 6.07) is 3.48. The Bertz CT molecular complexity index is 334. The molecule has 1 fully saturated rings. The van der Waals surface area contributed by atoms with Gasteiger partial charge in [-0.1, -0.05) is 0 Å². The van der Waals surface area contributed by atoms with Gasteiger partial charge in [0.15, 0.2) is 17.9 Å². The molecule has 2 heterocycles. The van der Waals surface area contributed by atoms with E-state index in [0.29, 0.717) is 12.0 Å². The van der Waals surface area contributed by atoms with Gasteiger partial charge in [-0.15, -0.1) is 0 Å². The Morgan fingerprint density at radius 2 is 2.27 bits per heavy atom. The molecule has 4 nitrogen and oxygen atoms in total. The van der Waals surface area contributed by atoms with Crippen LogP contribution in [0, 0.1) is 0 Å². The maximum absolute atomic E-state index is 10.5. The van der Waals surface area contributed by atoms with E-state index in [9.17, 15) is 9.90 Å². The number of aliphatic hydroxyl groups excluding tert-OH is 1. The van der Waals surface area contributed by atoms with Crippen molar-refractivity contribution >= 4 is 12.2 Å². The SMILES string of the molecule is O=Cc1ccc(N2CCCC(O)CC2)o1. The Hall–Kier alpha value is -1.29. The molecule has 0 aromatic carbocycles. The van der Waals surface area contributed by atoms with Crippen LogP contribution < -0.4 is 4.90 Å². The number of anilines is 1. The van der Waals surface area contributed by atoms with Crippen molar-refractivity contribution in [1.29, 1.82) is 0 Å². The van der Waals surface area contributed by atoms with Crippen molar-refractivity contribution in [2.45, 2.75) is 25.4 Å². The molecule has 1 atom stereocenters. The van der Waals surface area contributed by atoms with Gasteiger partial charge < -0.3 is 14.4 Å². The van der Waals surface area contributed by atoms with Gasteiger partial charge in [0.1, 0.15) is 0 Å². The van der Waals surface area contributed by atoms with Crippen LogP contribution in [0.1, 0.15) is 29.8 Å². The molecular formula is C11H15NO3. The molecule has 2 rings (SSSR count). The fraction of sp³-hybridized carbons (Fsp3) is 0.545. The first kappa shape index (κ1) is 10.2. The van der Waals surface area contributed by atoms with Gasteiger partial charge >= 0.3 is 0 Å². The lowest BCUT2D eigenvalue weighted by atomic mass is 10.2. The summed E-state index contributed by atoms with van der Waals surface area (Å²) in [5.41, 5.74) is 0. The van der Waals surface area contributed by atoms with Gasteiger partial charge in [0, 0.05) is 19.2 Å². The van der Waals surface area contributed by atoms with Gasteiger partial charge in [-0.25, -0.2) is 0 Å². The van der Waals surface area contributed by atoms with Crippen molar-refractivity contribution in [1.82, 2.24) is 0 Å². The van der Waals surface area contributed by atoms with Crippen LogP contribution in [0.15, 0.2) is 16.5 Å². The molecule has 0 spiro atoms. The van der Waals surface area contributed by atoms with Crippen LogP contribution >= 0.6 is 0 Å². The summed E-state index contributed by atoms with van der Waals surface area (Å²) in [6.45, 7) is 1.66. The fourth-order valence-corrected chi connectivity index (χ4v) is 1.87. The zero-order valence-electron chi connectivity index (χ0n) is 8.56. The molecule has 82 valence electrons. The minimum absolute atomic E-state index is 0.199. The summed E-state index contributed by atoms with van der Waals surface area (Å²) in [7, 11) is 0. The molecule has 0 amide bonds. The summed E-state index contributed by atoms with van der Waals surface area (Å²) in [6.07, 6.45) is 3.07. The van der Waals surface area contributed by atoms with E-state index in [2.05, 4.69) is 4.90 Å². The first-order chi connectivity index (χ1) is 7.29. The van der Waals surface area contributed by atoms with Crippen LogP contribution in [-0.2, 0) is 0 Å². The number of rotatable bonds is 2. The van der Waals surface area contributed by atoms with Crippen LogP contribution in [0.4, 0.5) is 5.88 Å². The second-order valence-corrected chi connectivity index (χ2v) is 3.87. The highest BCUT2D eigenvalue weighted by molar-refractivity contribution is 5.71. The average molecular weight is 209 g/mol. The van der Waals surface area contributed by atoms with Gasteiger partial charge in [-0.3, -0.25) is 4.79 Å². The molecule has 1 N–H and O–H groups in total. The number of carbonyl (C=O) groups excluding carboxylic acids is 1. The standard InChI is InChI=1S/C11H15NO3/c13-8-10-3-4-11(15-10)12-6-1-2-9(14)5-7-12/h3-4,8-9,14H,1-2,5-7H2. The van der Waals surface area contributed by atoms with Crippen LogP contribution in [0.5, 0.6) is 0 Å². The zero-order chi connectivity index (χ0) is 10.7. The van der Waals surface area contributed by atoms with Gasteiger partial charge in [0.05, 0.1) is 6.10 Å². The number of nitrogens with zero attached hydrogens (tertiary/aromatic N) is 1. The van der Waals surface area contributed by atoms with Gasteiger partial charge in [-0.05, 0) is 25.3 Å². The molecule has 1 aromatic rings. The lowest BCUT2D eigenvalue weighted by Gasteiger charge is -2.18. The van der Waals surface area contributed by atoms with Crippen molar-refractivity contribution < 1.29 is 14.3 Å². The minimum Gasteiger partial charge on any atom is -0.438 e. The smallest absolute Gasteiger partial charge is 0.196 e. The maximum atomic E-state index is 10.5. The van der Waals surface area contributed by atoms with E-state index in [0.717, 1.165) is 38.2 Å². The lowest BCUT2D eigenvalue weighted by Crippen LogP contribution is -2.23. The van der Waals surface area contributed by atoms with Crippen molar-refractivity contribution in [3.63, 3.8) is 0 Å². The molecule has 1 unspecified atom stereocenters. The minimum atomic E-state index is -0.199. The zero-order valence-corrected chi connectivity index (χ0v) is 8.56. The summed E-state index contributed by atoms with van der Waals surface area (Å²) in [5.74, 6) is 1.08. The monoisotopic (exact) mass is 209 g/mol. The number of aliphatic hydroxyl groups is 1. The summed E-state index contributed by atoms with van der Waals surface area (Å²) >= 11 is 0. The molecule has 1 aromatic heterocycles. The molecule has 1 saturated heterocycles. The summed E-state index contributed by atoms with van der Waals surface area (Å²) < 4.78 is 5.34. The predicted molar refractivity (Wildman–Crippen MR) is 56.2 cm³/mol. The number of hydrogen-bond donors (Lipinski definition) is 1. The molecule has 1 aliphatic rings. The normalized spacial score (nSPS) is 22.5. The Morgan fingerprint density at radius 1 is 1.40 bits per heavy atom. The van der Waals surface area contributed by atoms with Gasteiger partial charge in [0.25, 0.3) is 0 Å². The molecule has 4 heteroatoms. The molecule has 0 radical (unpaired) electrons. The number of furan rings is 1. The first-order valence-corrected chi connectivity index (χ1v) is 5.27. The summed E-state index contributed by atoms with van der Waals surface area (Å²) in [4.78, 5) is 12.5. The van der Waals surface area contributed by atoms with Crippen molar-refractivity contribution in [2.24, 2.45) is 0 Å². The Labute approximate surface area is 88.5 Å². The van der Waals surface area contributed by atoms with E-state index in [1.807, 2.05) is 0 Å². The molecule has 15 heavy (non-hydrogen) atoms. The number of hydrogen-bond acceptors (Lipinski definition) is 4. The molecule has 0 aliphatic carbocycles. The third-order valence-electron chi connectivity index (χ3n) is 2.74. The Morgan fingerprint density at radius 3 is 3.00 bits per heavy atom. The summed E-state index contributed by atoms with van der Waals surface area (Å²) in [5, 5.41) is 9.49. The second kappa shape index (κ2) is 4.49. The Balaban J connectivity index is 2.06. The van der Waals surface area contributed by atoms with Crippen LogP contribution in [0.2, 0.25) is 0 Å². The molecule has 0 bridgehead atoms. The van der Waals surface area contributed by atoms with E-state index < -0.39 is 0 Å². The van der Waals surface area contributed by atoms with Crippen LogP contribution in [0.3, 0.4) is 0 Å². The van der Waals surface area contributed by atoms with Crippen molar-refractivity contribution in [3.8, 4) is 0 Å². The van der Waals surface area contributed by atoms with E-state index in [4.69, 9.17) is 4.42 Å². The van der Waals surface area contributed by atoms with Crippen molar-refractivity contribution in [2.75, 3.05) is 18.0 Å². The van der Waals surface area contributed by atoms with Crippen LogP contribution in [0.25, 0.3) is 0 Å². The second-order valence-electron chi connectivity index (χ2n) is 3.87. The lowest BCUT2D eigenvalue weighted by molar-refractivity contribution is 0.110. The first-order valence-electron chi connectivity index (χ1n) is 5.27. The molecular weight excluding hydrogens is 194 g/mol. The maximum Gasteiger partial charge on any atom is 0.196 e. The highest BCUT2D eigenvalue weighted by atomic mass is 16.4. The van der Waals surface area contributed by atoms with Gasteiger partial charge in [-0.2, -0.15) is 0 Å². The quantitative estimate of drug-likeness (QED) is 0.749. The average Bonchev–Trinajstić information content (AvgIpc) is 2.62. The Kier molecular flexibility index (Phi) is 3.06. The third-order valence-corrected chi connectivity index (χ3v) is 2.74. The topological polar surface area (TPSA) is 53.7 Å². The van der Waals surface area contributed by atoms with E-state index in [1.165, 1.54) is 0 Å². The van der Waals surface area contributed by atoms with E-state index >= 15 is 0 Å². The van der Waals surface area contributed by atoms with Crippen LogP contribution in [-0.4, -0.2) is 30.6 Å². The molecule has 1 aliphatic heterocycles. The molecule has 0 saturated carbocycles. The van der Waals surface area contributed by atoms with Gasteiger partial charge in [0.2, 0.25) is 0 Å². The number of carbonyl (C=O) groups is 1. The van der Waals surface area contributed by atoms with Crippen molar-refractivity contribution in [3.05, 3.63) is 17.9 Å². The van der Waals surface area contributed by atoms with E-state index in [-0.39, 0.29) is 6.10 Å². The third kappa shape index (κ3) is 2.39. The number of aldehydes is 1. The fourth-order valence-electron chi connectivity index (χ4n) is 1.87. The highest BCUT2D eigenvalue weighted by Gasteiger charge is 2.17. The highest BCUT2D eigenvalue weighted by Crippen LogP contribution is 2.21.